The Hall–Kier alpha value is -1.08. The van der Waals surface area contributed by atoms with Gasteiger partial charge in [-0.2, -0.15) is 0 Å². The maximum absolute atomic E-state index is 2.38. The number of benzene rings is 1. The van der Waals surface area contributed by atoms with Crippen molar-refractivity contribution in [1.82, 2.24) is 0 Å². The van der Waals surface area contributed by atoms with Crippen LogP contribution in [0.1, 0.15) is 39.2 Å². The van der Waals surface area contributed by atoms with Gasteiger partial charge in [0.25, 0.3) is 0 Å². The van der Waals surface area contributed by atoms with Crippen LogP contribution < -0.4 is 0 Å². The van der Waals surface area contributed by atoms with E-state index in [1.807, 2.05) is 0 Å². The molecule has 1 nitrogen and oxygen atoms in total. The van der Waals surface area contributed by atoms with Crippen molar-refractivity contribution >= 4 is 0 Å². The number of hydrogen-bond acceptors (Lipinski definition) is 0. The van der Waals surface area contributed by atoms with Gasteiger partial charge in [0, 0.05) is 5.56 Å². The second kappa shape index (κ2) is 7.29. The first-order valence-corrected chi connectivity index (χ1v) is 6.80. The van der Waals surface area contributed by atoms with Gasteiger partial charge in [-0.25, -0.2) is 0 Å². The zero-order chi connectivity index (χ0) is 12.6. The molecular formula is C16H26N+. The zero-order valence-electron chi connectivity index (χ0n) is 11.5. The summed E-state index contributed by atoms with van der Waals surface area (Å²) in [6.07, 6.45) is 7.04. The van der Waals surface area contributed by atoms with Gasteiger partial charge in [0.15, 0.2) is 0 Å². The van der Waals surface area contributed by atoms with Crippen molar-refractivity contribution in [2.75, 3.05) is 13.1 Å². The monoisotopic (exact) mass is 232 g/mol. The fourth-order valence-electron chi connectivity index (χ4n) is 2.63. The quantitative estimate of drug-likeness (QED) is 0.613. The minimum atomic E-state index is 1.09. The second-order valence-electron chi connectivity index (χ2n) is 4.79. The molecule has 0 atom stereocenters. The van der Waals surface area contributed by atoms with E-state index in [0.29, 0.717) is 0 Å². The number of rotatable bonds is 7. The molecule has 0 saturated carbocycles. The molecular weight excluding hydrogens is 206 g/mol. The van der Waals surface area contributed by atoms with Gasteiger partial charge < -0.3 is 0 Å². The molecule has 1 aromatic carbocycles. The summed E-state index contributed by atoms with van der Waals surface area (Å²) in [4.78, 5) is 0. The predicted molar refractivity (Wildman–Crippen MR) is 75.5 cm³/mol. The molecule has 0 aromatic heterocycles. The summed E-state index contributed by atoms with van der Waals surface area (Å²) in [5.74, 6) is 0. The lowest BCUT2D eigenvalue weighted by atomic mass is 10.1. The van der Waals surface area contributed by atoms with Crippen LogP contribution in [0.5, 0.6) is 0 Å². The molecule has 1 heteroatoms. The molecule has 0 spiro atoms. The molecule has 0 heterocycles. The van der Waals surface area contributed by atoms with Crippen LogP contribution in [0.4, 0.5) is 0 Å². The number of hydrogen-bond donors (Lipinski definition) is 0. The van der Waals surface area contributed by atoms with Gasteiger partial charge >= 0.3 is 0 Å². The highest BCUT2D eigenvalue weighted by Gasteiger charge is 2.22. The third-order valence-corrected chi connectivity index (χ3v) is 3.14. The molecule has 1 aromatic rings. The molecule has 0 N–H and O–H groups in total. The van der Waals surface area contributed by atoms with Gasteiger partial charge in [0.1, 0.15) is 6.54 Å². The van der Waals surface area contributed by atoms with E-state index in [1.165, 1.54) is 31.5 Å². The minimum absolute atomic E-state index is 1.09. The SMILES string of the molecule is CC=C[N+](CCC)(CCC)Cc1ccccc1. The van der Waals surface area contributed by atoms with Crippen LogP contribution in [0.15, 0.2) is 42.6 Å². The van der Waals surface area contributed by atoms with Crippen molar-refractivity contribution in [2.24, 2.45) is 0 Å². The zero-order valence-corrected chi connectivity index (χ0v) is 11.5. The van der Waals surface area contributed by atoms with E-state index in [4.69, 9.17) is 0 Å². The van der Waals surface area contributed by atoms with Crippen LogP contribution in [-0.4, -0.2) is 17.6 Å². The summed E-state index contributed by atoms with van der Waals surface area (Å²) in [6.45, 7) is 10.3. The standard InChI is InChI=1S/C16H26N/c1-4-12-17(13-5-2,14-6-3)15-16-10-8-7-9-11-16/h4,7-12H,5-6,13-15H2,1-3H3/q+1. The van der Waals surface area contributed by atoms with Crippen molar-refractivity contribution in [3.63, 3.8) is 0 Å². The van der Waals surface area contributed by atoms with Gasteiger partial charge in [0.2, 0.25) is 0 Å². The maximum Gasteiger partial charge on any atom is 0.109 e. The Kier molecular flexibility index (Phi) is 5.99. The molecule has 94 valence electrons. The first-order chi connectivity index (χ1) is 8.26. The summed E-state index contributed by atoms with van der Waals surface area (Å²) < 4.78 is 1.09. The van der Waals surface area contributed by atoms with E-state index in [1.54, 1.807) is 0 Å². The summed E-state index contributed by atoms with van der Waals surface area (Å²) in [5, 5.41) is 0. The third kappa shape index (κ3) is 4.35. The van der Waals surface area contributed by atoms with Gasteiger partial charge in [-0.3, -0.25) is 4.48 Å². The number of quaternary nitrogens is 1. The van der Waals surface area contributed by atoms with E-state index in [9.17, 15) is 0 Å². The topological polar surface area (TPSA) is 0 Å². The molecule has 0 amide bonds. The van der Waals surface area contributed by atoms with E-state index < -0.39 is 0 Å². The van der Waals surface area contributed by atoms with Crippen LogP contribution >= 0.6 is 0 Å². The lowest BCUT2D eigenvalue weighted by Gasteiger charge is -2.34. The molecule has 0 radical (unpaired) electrons. The molecule has 0 aliphatic heterocycles. The Morgan fingerprint density at radius 1 is 1.00 bits per heavy atom. The molecule has 0 saturated heterocycles. The maximum atomic E-state index is 2.38. The largest absolute Gasteiger partial charge is 0.294 e. The van der Waals surface area contributed by atoms with E-state index >= 15 is 0 Å². The smallest absolute Gasteiger partial charge is 0.109 e. The number of nitrogens with zero attached hydrogens (tertiary/aromatic N) is 1. The molecule has 1 rings (SSSR count). The molecule has 17 heavy (non-hydrogen) atoms. The summed E-state index contributed by atoms with van der Waals surface area (Å²) in [7, 11) is 0. The summed E-state index contributed by atoms with van der Waals surface area (Å²) in [5.41, 5.74) is 1.44. The van der Waals surface area contributed by atoms with Crippen molar-refractivity contribution in [1.29, 1.82) is 0 Å². The third-order valence-electron chi connectivity index (χ3n) is 3.14. The second-order valence-corrected chi connectivity index (χ2v) is 4.79. The van der Waals surface area contributed by atoms with E-state index in [0.717, 1.165) is 11.0 Å². The van der Waals surface area contributed by atoms with Gasteiger partial charge in [-0.15, -0.1) is 0 Å². The fourth-order valence-corrected chi connectivity index (χ4v) is 2.63. The van der Waals surface area contributed by atoms with Crippen molar-refractivity contribution in [3.8, 4) is 0 Å². The Morgan fingerprint density at radius 2 is 1.59 bits per heavy atom. The van der Waals surface area contributed by atoms with Crippen LogP contribution in [-0.2, 0) is 6.54 Å². The number of allylic oxidation sites excluding steroid dienone is 1. The average molecular weight is 232 g/mol. The first kappa shape index (κ1) is 14.0. The van der Waals surface area contributed by atoms with Crippen molar-refractivity contribution in [2.45, 2.75) is 40.2 Å². The van der Waals surface area contributed by atoms with Crippen LogP contribution in [0.2, 0.25) is 0 Å². The van der Waals surface area contributed by atoms with Crippen LogP contribution in [0, 0.1) is 0 Å². The van der Waals surface area contributed by atoms with Crippen LogP contribution in [0.3, 0.4) is 0 Å². The van der Waals surface area contributed by atoms with Gasteiger partial charge in [-0.1, -0.05) is 44.2 Å². The molecule has 0 aliphatic carbocycles. The normalized spacial score (nSPS) is 12.2. The Labute approximate surface area is 106 Å². The highest BCUT2D eigenvalue weighted by Crippen LogP contribution is 2.18. The van der Waals surface area contributed by atoms with Crippen molar-refractivity contribution < 1.29 is 4.48 Å². The molecule has 0 fully saturated rings. The van der Waals surface area contributed by atoms with Gasteiger partial charge in [0.05, 0.1) is 19.3 Å². The van der Waals surface area contributed by atoms with Gasteiger partial charge in [-0.05, 0) is 25.8 Å². The Bertz CT molecular complexity index is 321. The first-order valence-electron chi connectivity index (χ1n) is 6.80. The fraction of sp³-hybridized carbons (Fsp3) is 0.500. The highest BCUT2D eigenvalue weighted by atomic mass is 15.3. The lowest BCUT2D eigenvalue weighted by molar-refractivity contribution is -0.893. The lowest BCUT2D eigenvalue weighted by Crippen LogP contribution is -2.43. The molecule has 0 aliphatic rings. The van der Waals surface area contributed by atoms with E-state index in [-0.39, 0.29) is 0 Å². The average Bonchev–Trinajstić information content (AvgIpc) is 2.31. The highest BCUT2D eigenvalue weighted by molar-refractivity contribution is 5.13. The summed E-state index contributed by atoms with van der Waals surface area (Å²) >= 11 is 0. The molecule has 0 unspecified atom stereocenters. The Morgan fingerprint density at radius 3 is 2.06 bits per heavy atom. The van der Waals surface area contributed by atoms with Crippen molar-refractivity contribution in [3.05, 3.63) is 48.2 Å². The summed E-state index contributed by atoms with van der Waals surface area (Å²) in [6, 6.07) is 10.8. The Balaban J connectivity index is 2.88. The minimum Gasteiger partial charge on any atom is -0.294 e. The van der Waals surface area contributed by atoms with E-state index in [2.05, 4.69) is 63.4 Å². The molecule has 0 bridgehead atoms. The predicted octanol–water partition coefficient (Wildman–Crippen LogP) is 4.36. The van der Waals surface area contributed by atoms with Crippen LogP contribution in [0.25, 0.3) is 0 Å².